The first-order valence-electron chi connectivity index (χ1n) is 8.29. The van der Waals surface area contributed by atoms with E-state index in [9.17, 15) is 18.0 Å². The van der Waals surface area contributed by atoms with Gasteiger partial charge in [0.15, 0.2) is 0 Å². The van der Waals surface area contributed by atoms with E-state index < -0.39 is 28.4 Å². The number of carboxylic acid groups (broad SMARTS) is 1. The molecule has 0 spiro atoms. The average Bonchev–Trinajstić information content (AvgIpc) is 2.65. The second-order valence-electron chi connectivity index (χ2n) is 6.17. The first kappa shape index (κ1) is 20.6. The summed E-state index contributed by atoms with van der Waals surface area (Å²) in [6.07, 6.45) is 0.521. The van der Waals surface area contributed by atoms with Gasteiger partial charge in [0.05, 0.1) is 4.90 Å². The van der Waals surface area contributed by atoms with Crippen LogP contribution in [0, 0.1) is 0 Å². The highest BCUT2D eigenvalue weighted by atomic mass is 32.2. The van der Waals surface area contributed by atoms with E-state index in [4.69, 9.17) is 5.11 Å². The number of carboxylic acids is 1. The molecule has 0 aromatic heterocycles. The van der Waals surface area contributed by atoms with E-state index in [1.165, 1.54) is 43.3 Å². The third-order valence-corrected chi connectivity index (χ3v) is 5.84. The number of benzene rings is 2. The molecule has 0 unspecified atom stereocenters. The molecule has 0 fully saturated rings. The van der Waals surface area contributed by atoms with Crippen LogP contribution in [0.25, 0.3) is 0 Å². The zero-order valence-corrected chi connectivity index (χ0v) is 16.0. The van der Waals surface area contributed by atoms with Crippen LogP contribution in [0.15, 0.2) is 59.5 Å². The highest BCUT2D eigenvalue weighted by Crippen LogP contribution is 2.15. The van der Waals surface area contributed by atoms with E-state index in [1.54, 1.807) is 0 Å². The normalized spacial score (nSPS) is 11.4. The molecule has 8 heteroatoms. The third kappa shape index (κ3) is 5.38. The van der Waals surface area contributed by atoms with Crippen LogP contribution in [-0.2, 0) is 21.2 Å². The molecule has 0 radical (unpaired) electrons. The molecule has 0 bridgehead atoms. The van der Waals surface area contributed by atoms with Gasteiger partial charge in [0.2, 0.25) is 10.0 Å². The van der Waals surface area contributed by atoms with Crippen LogP contribution in [-0.4, -0.2) is 61.8 Å². The molecule has 2 aromatic carbocycles. The van der Waals surface area contributed by atoms with Crippen molar-refractivity contribution in [1.82, 2.24) is 9.21 Å². The fraction of sp³-hybridized carbons (Fsp3) is 0.263. The molecule has 0 aliphatic rings. The first-order chi connectivity index (χ1) is 12.7. The van der Waals surface area contributed by atoms with Crippen molar-refractivity contribution in [2.24, 2.45) is 0 Å². The number of rotatable bonds is 8. The summed E-state index contributed by atoms with van der Waals surface area (Å²) in [5, 5.41) is 9.11. The Kier molecular flexibility index (Phi) is 6.70. The van der Waals surface area contributed by atoms with Crippen LogP contribution < -0.4 is 0 Å². The fourth-order valence-corrected chi connectivity index (χ4v) is 3.39. The van der Waals surface area contributed by atoms with Crippen molar-refractivity contribution in [3.63, 3.8) is 0 Å². The quantitative estimate of drug-likeness (QED) is 0.740. The summed E-state index contributed by atoms with van der Waals surface area (Å²) >= 11 is 0. The molecule has 0 saturated heterocycles. The molecule has 144 valence electrons. The summed E-state index contributed by atoms with van der Waals surface area (Å²) in [5.41, 5.74) is 1.23. The Labute approximate surface area is 158 Å². The number of hydrogen-bond acceptors (Lipinski definition) is 4. The molecule has 1 N–H and O–H groups in total. The predicted octanol–water partition coefficient (Wildman–Crippen LogP) is 1.71. The molecule has 2 aromatic rings. The second kappa shape index (κ2) is 8.79. The average molecular weight is 390 g/mol. The van der Waals surface area contributed by atoms with Crippen molar-refractivity contribution in [2.45, 2.75) is 11.3 Å². The van der Waals surface area contributed by atoms with Crippen LogP contribution >= 0.6 is 0 Å². The summed E-state index contributed by atoms with van der Waals surface area (Å²) < 4.78 is 25.3. The number of carbonyl (C=O) groups is 2. The number of nitrogens with zero attached hydrogens (tertiary/aromatic N) is 2. The fourth-order valence-electron chi connectivity index (χ4n) is 2.49. The SMILES string of the molecule is CN(C)S(=O)(=O)c1ccc(C(=O)N(CCc2ccccc2)CC(=O)O)cc1. The van der Waals surface area contributed by atoms with Crippen molar-refractivity contribution < 1.29 is 23.1 Å². The lowest BCUT2D eigenvalue weighted by Gasteiger charge is -2.21. The van der Waals surface area contributed by atoms with Gasteiger partial charge in [-0.2, -0.15) is 0 Å². The van der Waals surface area contributed by atoms with Crippen LogP contribution in [0.5, 0.6) is 0 Å². The lowest BCUT2D eigenvalue weighted by molar-refractivity contribution is -0.137. The molecule has 0 aliphatic heterocycles. The first-order valence-corrected chi connectivity index (χ1v) is 9.73. The lowest BCUT2D eigenvalue weighted by Crippen LogP contribution is -2.37. The number of hydrogen-bond donors (Lipinski definition) is 1. The monoisotopic (exact) mass is 390 g/mol. The van der Waals surface area contributed by atoms with Gasteiger partial charge in [-0.1, -0.05) is 30.3 Å². The molecule has 0 saturated carbocycles. The lowest BCUT2D eigenvalue weighted by atomic mass is 10.1. The largest absolute Gasteiger partial charge is 0.480 e. The zero-order chi connectivity index (χ0) is 20.0. The summed E-state index contributed by atoms with van der Waals surface area (Å²) in [4.78, 5) is 25.1. The predicted molar refractivity (Wildman–Crippen MR) is 101 cm³/mol. The van der Waals surface area contributed by atoms with Crippen molar-refractivity contribution in [3.8, 4) is 0 Å². The molecular formula is C19H22N2O5S. The van der Waals surface area contributed by atoms with Gasteiger partial charge in [-0.15, -0.1) is 0 Å². The van der Waals surface area contributed by atoms with Crippen molar-refractivity contribution >= 4 is 21.9 Å². The molecule has 1 amide bonds. The minimum Gasteiger partial charge on any atom is -0.480 e. The Hall–Kier alpha value is -2.71. The summed E-state index contributed by atoms with van der Waals surface area (Å²) in [6, 6.07) is 14.9. The molecule has 27 heavy (non-hydrogen) atoms. The van der Waals surface area contributed by atoms with E-state index >= 15 is 0 Å². The van der Waals surface area contributed by atoms with E-state index in [0.29, 0.717) is 6.42 Å². The van der Waals surface area contributed by atoms with Crippen LogP contribution in [0.3, 0.4) is 0 Å². The maximum Gasteiger partial charge on any atom is 0.323 e. The number of carbonyl (C=O) groups excluding carboxylic acids is 1. The minimum absolute atomic E-state index is 0.0677. The standard InChI is InChI=1S/C19H22N2O5S/c1-20(2)27(25,26)17-10-8-16(9-11-17)19(24)21(14-18(22)23)13-12-15-6-4-3-5-7-15/h3-11H,12-14H2,1-2H3,(H,22,23). The summed E-state index contributed by atoms with van der Waals surface area (Å²) in [5.74, 6) is -1.56. The Morgan fingerprint density at radius 1 is 0.963 bits per heavy atom. The molecule has 0 atom stereocenters. The summed E-state index contributed by atoms with van der Waals surface area (Å²) in [6.45, 7) is -0.184. The van der Waals surface area contributed by atoms with E-state index in [-0.39, 0.29) is 17.0 Å². The Morgan fingerprint density at radius 2 is 1.56 bits per heavy atom. The van der Waals surface area contributed by atoms with E-state index in [0.717, 1.165) is 9.87 Å². The highest BCUT2D eigenvalue weighted by molar-refractivity contribution is 7.89. The van der Waals surface area contributed by atoms with E-state index in [1.807, 2.05) is 30.3 Å². The van der Waals surface area contributed by atoms with E-state index in [2.05, 4.69) is 0 Å². The van der Waals surface area contributed by atoms with Crippen LogP contribution in [0.1, 0.15) is 15.9 Å². The Bertz CT molecular complexity index is 893. The van der Waals surface area contributed by atoms with Crippen LogP contribution in [0.4, 0.5) is 0 Å². The number of sulfonamides is 1. The Morgan fingerprint density at radius 3 is 2.07 bits per heavy atom. The molecule has 2 rings (SSSR count). The zero-order valence-electron chi connectivity index (χ0n) is 15.2. The minimum atomic E-state index is -3.59. The van der Waals surface area contributed by atoms with Gasteiger partial charge in [-0.3, -0.25) is 9.59 Å². The molecule has 0 aliphatic carbocycles. The Balaban J connectivity index is 2.18. The van der Waals surface area contributed by atoms with Gasteiger partial charge in [-0.05, 0) is 36.2 Å². The topological polar surface area (TPSA) is 95.0 Å². The maximum absolute atomic E-state index is 12.7. The second-order valence-corrected chi connectivity index (χ2v) is 8.32. The van der Waals surface area contributed by atoms with Crippen molar-refractivity contribution in [2.75, 3.05) is 27.2 Å². The highest BCUT2D eigenvalue weighted by Gasteiger charge is 2.21. The van der Waals surface area contributed by atoms with Gasteiger partial charge in [0.25, 0.3) is 5.91 Å². The van der Waals surface area contributed by atoms with Crippen molar-refractivity contribution in [1.29, 1.82) is 0 Å². The summed E-state index contributed by atoms with van der Waals surface area (Å²) in [7, 11) is -0.744. The molecular weight excluding hydrogens is 368 g/mol. The van der Waals surface area contributed by atoms with Gasteiger partial charge >= 0.3 is 5.97 Å². The van der Waals surface area contributed by atoms with Gasteiger partial charge in [0, 0.05) is 26.2 Å². The third-order valence-electron chi connectivity index (χ3n) is 4.01. The molecule has 7 nitrogen and oxygen atoms in total. The van der Waals surface area contributed by atoms with Gasteiger partial charge in [-0.25, -0.2) is 12.7 Å². The number of aliphatic carboxylic acids is 1. The van der Waals surface area contributed by atoms with Gasteiger partial charge in [0.1, 0.15) is 6.54 Å². The smallest absolute Gasteiger partial charge is 0.323 e. The number of amides is 1. The van der Waals surface area contributed by atoms with Crippen molar-refractivity contribution in [3.05, 3.63) is 65.7 Å². The molecule has 0 heterocycles. The van der Waals surface area contributed by atoms with Gasteiger partial charge < -0.3 is 10.0 Å². The van der Waals surface area contributed by atoms with Crippen LogP contribution in [0.2, 0.25) is 0 Å². The maximum atomic E-state index is 12.7.